The molecule has 1 aromatic heterocycles. The van der Waals surface area contributed by atoms with Crippen molar-refractivity contribution >= 4 is 5.82 Å². The van der Waals surface area contributed by atoms with Gasteiger partial charge in [0.1, 0.15) is 5.82 Å². The van der Waals surface area contributed by atoms with Crippen molar-refractivity contribution in [3.05, 3.63) is 17.6 Å². The van der Waals surface area contributed by atoms with Crippen LogP contribution in [-0.4, -0.2) is 72.6 Å². The van der Waals surface area contributed by atoms with Crippen LogP contribution >= 0.6 is 0 Å². The van der Waals surface area contributed by atoms with Gasteiger partial charge in [-0.3, -0.25) is 9.88 Å². The molecule has 3 heterocycles. The lowest BCUT2D eigenvalue weighted by Crippen LogP contribution is -2.48. The molecule has 3 rings (SSSR count). The van der Waals surface area contributed by atoms with E-state index in [1.165, 1.54) is 26.1 Å². The Morgan fingerprint density at radius 3 is 2.57 bits per heavy atom. The Hall–Kier alpha value is -1.20. The highest BCUT2D eigenvalue weighted by Gasteiger charge is 2.25. The van der Waals surface area contributed by atoms with Crippen molar-refractivity contribution in [2.75, 3.05) is 57.8 Å². The molecule has 0 aromatic carbocycles. The van der Waals surface area contributed by atoms with Gasteiger partial charge in [0.2, 0.25) is 0 Å². The number of nitrogens with zero attached hydrogens (tertiary/aromatic N) is 5. The van der Waals surface area contributed by atoms with Crippen LogP contribution in [0.1, 0.15) is 17.8 Å². The normalized spacial score (nSPS) is 24.7. The molecule has 1 atom stereocenters. The van der Waals surface area contributed by atoms with Crippen molar-refractivity contribution in [1.29, 1.82) is 0 Å². The van der Waals surface area contributed by atoms with Crippen molar-refractivity contribution in [2.24, 2.45) is 5.92 Å². The summed E-state index contributed by atoms with van der Waals surface area (Å²) in [5, 5.41) is 0. The lowest BCUT2D eigenvalue weighted by molar-refractivity contribution is 0.218. The highest BCUT2D eigenvalue weighted by molar-refractivity contribution is 5.43. The fourth-order valence-corrected chi connectivity index (χ4v) is 3.51. The molecule has 0 bridgehead atoms. The largest absolute Gasteiger partial charge is 0.353 e. The predicted octanol–water partition coefficient (Wildman–Crippen LogP) is 1.17. The van der Waals surface area contributed by atoms with Crippen molar-refractivity contribution in [3.8, 4) is 0 Å². The van der Waals surface area contributed by atoms with Crippen LogP contribution in [-0.2, 0) is 0 Å². The topological polar surface area (TPSA) is 35.5 Å². The predicted molar refractivity (Wildman–Crippen MR) is 85.8 cm³/mol. The van der Waals surface area contributed by atoms with Gasteiger partial charge in [-0.05, 0) is 39.8 Å². The summed E-state index contributed by atoms with van der Waals surface area (Å²) < 4.78 is 0. The maximum Gasteiger partial charge on any atom is 0.150 e. The molecular formula is C16H27N5. The van der Waals surface area contributed by atoms with E-state index in [2.05, 4.69) is 38.6 Å². The fraction of sp³-hybridized carbons (Fsp3) is 0.750. The van der Waals surface area contributed by atoms with Gasteiger partial charge >= 0.3 is 0 Å². The Labute approximate surface area is 128 Å². The van der Waals surface area contributed by atoms with Gasteiger partial charge < -0.3 is 9.80 Å². The van der Waals surface area contributed by atoms with E-state index in [-0.39, 0.29) is 0 Å². The Bertz CT molecular complexity index is 482. The first-order valence-electron chi connectivity index (χ1n) is 8.08. The maximum absolute atomic E-state index is 4.67. The van der Waals surface area contributed by atoms with Crippen LogP contribution in [0.5, 0.6) is 0 Å². The Kier molecular flexibility index (Phi) is 4.40. The summed E-state index contributed by atoms with van der Waals surface area (Å²) in [5.41, 5.74) is 2.05. The second-order valence-corrected chi connectivity index (χ2v) is 6.63. The summed E-state index contributed by atoms with van der Waals surface area (Å²) in [6.45, 7) is 12.3. The Morgan fingerprint density at radius 1 is 1.14 bits per heavy atom. The molecule has 5 heteroatoms. The third-order valence-corrected chi connectivity index (χ3v) is 4.73. The fourth-order valence-electron chi connectivity index (χ4n) is 3.51. The van der Waals surface area contributed by atoms with Crippen LogP contribution in [0.4, 0.5) is 5.82 Å². The molecule has 1 aromatic rings. The molecule has 5 nitrogen and oxygen atoms in total. The second-order valence-electron chi connectivity index (χ2n) is 6.63. The lowest BCUT2D eigenvalue weighted by atomic mass is 10.1. The molecule has 0 amide bonds. The van der Waals surface area contributed by atoms with Crippen LogP contribution in [0.15, 0.2) is 6.20 Å². The van der Waals surface area contributed by atoms with E-state index in [4.69, 9.17) is 0 Å². The van der Waals surface area contributed by atoms with Crippen molar-refractivity contribution in [1.82, 2.24) is 19.8 Å². The summed E-state index contributed by atoms with van der Waals surface area (Å²) in [5.74, 6) is 1.94. The number of anilines is 1. The average Bonchev–Trinajstić information content (AvgIpc) is 2.88. The molecule has 0 radical (unpaired) electrons. The first-order chi connectivity index (χ1) is 10.1. The number of piperazine rings is 1. The first kappa shape index (κ1) is 14.7. The molecule has 2 aliphatic rings. The number of likely N-dealkylation sites (tertiary alicyclic amines) is 1. The molecule has 116 valence electrons. The Morgan fingerprint density at radius 2 is 1.90 bits per heavy atom. The molecule has 2 saturated heterocycles. The monoisotopic (exact) mass is 289 g/mol. The summed E-state index contributed by atoms with van der Waals surface area (Å²) in [7, 11) is 2.23. The second kappa shape index (κ2) is 6.28. The van der Waals surface area contributed by atoms with Gasteiger partial charge in [-0.2, -0.15) is 0 Å². The van der Waals surface area contributed by atoms with E-state index in [0.29, 0.717) is 0 Å². The minimum Gasteiger partial charge on any atom is -0.353 e. The van der Waals surface area contributed by atoms with E-state index < -0.39 is 0 Å². The van der Waals surface area contributed by atoms with Crippen LogP contribution in [0.2, 0.25) is 0 Å². The van der Waals surface area contributed by atoms with Gasteiger partial charge in [-0.25, -0.2) is 4.98 Å². The summed E-state index contributed by atoms with van der Waals surface area (Å²) in [6, 6.07) is 0. The quantitative estimate of drug-likeness (QED) is 0.834. The third kappa shape index (κ3) is 3.52. The van der Waals surface area contributed by atoms with E-state index in [1.807, 2.05) is 13.1 Å². The Balaban J connectivity index is 1.54. The zero-order valence-electron chi connectivity index (χ0n) is 13.5. The standard InChI is InChI=1S/C16H27N5/c1-13-10-17-14(2)16(18-13)21-8-6-20(7-9-21)12-15-4-5-19(3)11-15/h10,15H,4-9,11-12H2,1-3H3. The minimum atomic E-state index is 0.863. The number of rotatable bonds is 3. The molecule has 2 fully saturated rings. The molecule has 0 N–H and O–H groups in total. The van der Waals surface area contributed by atoms with E-state index in [9.17, 15) is 0 Å². The highest BCUT2D eigenvalue weighted by atomic mass is 15.3. The van der Waals surface area contributed by atoms with Crippen LogP contribution in [0.25, 0.3) is 0 Å². The maximum atomic E-state index is 4.67. The summed E-state index contributed by atoms with van der Waals surface area (Å²) >= 11 is 0. The molecule has 2 aliphatic heterocycles. The van der Waals surface area contributed by atoms with Gasteiger partial charge in [0.05, 0.1) is 11.4 Å². The molecule has 0 aliphatic carbocycles. The van der Waals surface area contributed by atoms with Gasteiger partial charge in [0, 0.05) is 45.5 Å². The molecule has 1 unspecified atom stereocenters. The van der Waals surface area contributed by atoms with Crippen molar-refractivity contribution in [3.63, 3.8) is 0 Å². The zero-order valence-corrected chi connectivity index (χ0v) is 13.5. The van der Waals surface area contributed by atoms with Gasteiger partial charge in [-0.1, -0.05) is 0 Å². The number of hydrogen-bond donors (Lipinski definition) is 0. The van der Waals surface area contributed by atoms with E-state index in [0.717, 1.165) is 49.3 Å². The summed E-state index contributed by atoms with van der Waals surface area (Å²) in [4.78, 5) is 16.6. The lowest BCUT2D eigenvalue weighted by Gasteiger charge is -2.37. The van der Waals surface area contributed by atoms with Gasteiger partial charge in [0.25, 0.3) is 0 Å². The molecule has 21 heavy (non-hydrogen) atoms. The van der Waals surface area contributed by atoms with E-state index >= 15 is 0 Å². The minimum absolute atomic E-state index is 0.863. The molecule has 0 spiro atoms. The van der Waals surface area contributed by atoms with Gasteiger partial charge in [-0.15, -0.1) is 0 Å². The number of aryl methyl sites for hydroxylation is 2. The van der Waals surface area contributed by atoms with Crippen LogP contribution < -0.4 is 4.90 Å². The molecular weight excluding hydrogens is 262 g/mol. The highest BCUT2D eigenvalue weighted by Crippen LogP contribution is 2.20. The molecule has 0 saturated carbocycles. The zero-order chi connectivity index (χ0) is 14.8. The van der Waals surface area contributed by atoms with Crippen LogP contribution in [0.3, 0.4) is 0 Å². The van der Waals surface area contributed by atoms with Crippen LogP contribution in [0, 0.1) is 19.8 Å². The van der Waals surface area contributed by atoms with Crippen molar-refractivity contribution < 1.29 is 0 Å². The average molecular weight is 289 g/mol. The third-order valence-electron chi connectivity index (χ3n) is 4.73. The first-order valence-corrected chi connectivity index (χ1v) is 8.08. The number of aromatic nitrogens is 2. The SMILES string of the molecule is Cc1cnc(C)c(N2CCN(CC3CCN(C)C3)CC2)n1. The summed E-state index contributed by atoms with van der Waals surface area (Å²) in [6.07, 6.45) is 3.21. The van der Waals surface area contributed by atoms with Gasteiger partial charge in [0.15, 0.2) is 0 Å². The van der Waals surface area contributed by atoms with Crippen molar-refractivity contribution in [2.45, 2.75) is 20.3 Å². The smallest absolute Gasteiger partial charge is 0.150 e. The number of hydrogen-bond acceptors (Lipinski definition) is 5. The van der Waals surface area contributed by atoms with E-state index in [1.54, 1.807) is 0 Å².